The fourth-order valence-electron chi connectivity index (χ4n) is 3.03. The van der Waals surface area contributed by atoms with E-state index in [-0.39, 0.29) is 9.26 Å². The number of benzene rings is 2. The van der Waals surface area contributed by atoms with Crippen molar-refractivity contribution in [3.05, 3.63) is 63.0 Å². The summed E-state index contributed by atoms with van der Waals surface area (Å²) in [5.41, 5.74) is -0.446. The Labute approximate surface area is 156 Å². The second-order valence-corrected chi connectivity index (χ2v) is 6.99. The number of carbonyl (C=O) groups is 1. The number of nitrogens with one attached hydrogen (secondary N) is 1. The molecule has 0 unspecified atom stereocenters. The summed E-state index contributed by atoms with van der Waals surface area (Å²) in [5, 5.41) is 2.58. The molecule has 25 heavy (non-hydrogen) atoms. The summed E-state index contributed by atoms with van der Waals surface area (Å²) in [7, 11) is 0. The van der Waals surface area contributed by atoms with Gasteiger partial charge in [0.1, 0.15) is 17.5 Å². The Morgan fingerprint density at radius 2 is 1.72 bits per heavy atom. The Balaban J connectivity index is 1.95. The molecule has 1 heterocycles. The van der Waals surface area contributed by atoms with Crippen molar-refractivity contribution < 1.29 is 22.7 Å². The second-order valence-electron chi connectivity index (χ2n) is 5.91. The summed E-state index contributed by atoms with van der Waals surface area (Å²) in [6.45, 7) is 0.693. The van der Waals surface area contributed by atoms with Crippen molar-refractivity contribution >= 4 is 34.2 Å². The van der Waals surface area contributed by atoms with Crippen LogP contribution in [0.1, 0.15) is 18.4 Å². The zero-order chi connectivity index (χ0) is 18.0. The van der Waals surface area contributed by atoms with Crippen molar-refractivity contribution in [2.75, 3.05) is 18.5 Å². The summed E-state index contributed by atoms with van der Waals surface area (Å²) in [5.74, 6) is -2.37. The number of hydrogen-bond acceptors (Lipinski definition) is 2. The van der Waals surface area contributed by atoms with E-state index in [0.29, 0.717) is 31.6 Å². The first kappa shape index (κ1) is 18.2. The number of ether oxygens (including phenoxy) is 1. The van der Waals surface area contributed by atoms with Crippen LogP contribution in [-0.2, 0) is 14.9 Å². The predicted octanol–water partition coefficient (Wildman–Crippen LogP) is 4.40. The highest BCUT2D eigenvalue weighted by molar-refractivity contribution is 14.1. The number of hydrogen-bond donors (Lipinski definition) is 1. The molecule has 1 aliphatic rings. The molecule has 132 valence electrons. The minimum atomic E-state index is -1.00. The molecule has 0 spiro atoms. The van der Waals surface area contributed by atoms with Gasteiger partial charge < -0.3 is 10.1 Å². The average molecular weight is 461 g/mol. The second kappa shape index (κ2) is 7.33. The third-order valence-electron chi connectivity index (χ3n) is 4.40. The minimum Gasteiger partial charge on any atom is -0.381 e. The molecule has 1 fully saturated rings. The van der Waals surface area contributed by atoms with Crippen molar-refractivity contribution in [1.29, 1.82) is 0 Å². The van der Waals surface area contributed by atoms with Crippen LogP contribution in [0, 0.1) is 21.0 Å². The smallest absolute Gasteiger partial charge is 0.235 e. The standard InChI is InChI=1S/C18H15F3INO2/c19-12-3-1-2-11(8-12)18(4-6-25-7-5-18)17(24)23-13-9-14(20)16(22)15(21)10-13/h1-3,8-10H,4-7H2,(H,23,24). The number of anilines is 1. The van der Waals surface area contributed by atoms with Gasteiger partial charge in [0, 0.05) is 18.9 Å². The molecule has 0 aliphatic carbocycles. The third-order valence-corrected chi connectivity index (χ3v) is 5.43. The zero-order valence-electron chi connectivity index (χ0n) is 13.1. The molecule has 3 rings (SSSR count). The van der Waals surface area contributed by atoms with Gasteiger partial charge in [-0.3, -0.25) is 4.79 Å². The summed E-state index contributed by atoms with van der Waals surface area (Å²) < 4.78 is 46.3. The summed E-state index contributed by atoms with van der Waals surface area (Å²) in [6.07, 6.45) is 0.717. The lowest BCUT2D eigenvalue weighted by Gasteiger charge is -2.36. The fraction of sp³-hybridized carbons (Fsp3) is 0.278. The van der Waals surface area contributed by atoms with Crippen molar-refractivity contribution in [3.63, 3.8) is 0 Å². The Morgan fingerprint density at radius 3 is 2.32 bits per heavy atom. The van der Waals surface area contributed by atoms with Crippen LogP contribution >= 0.6 is 22.6 Å². The molecule has 1 saturated heterocycles. The fourth-order valence-corrected chi connectivity index (χ4v) is 3.34. The Morgan fingerprint density at radius 1 is 1.08 bits per heavy atom. The molecule has 2 aromatic rings. The van der Waals surface area contributed by atoms with Gasteiger partial charge in [-0.05, 0) is 65.3 Å². The van der Waals surface area contributed by atoms with Crippen molar-refractivity contribution in [3.8, 4) is 0 Å². The summed E-state index contributed by atoms with van der Waals surface area (Å²) >= 11 is 1.56. The van der Waals surface area contributed by atoms with Crippen LogP contribution in [0.2, 0.25) is 0 Å². The van der Waals surface area contributed by atoms with Gasteiger partial charge in [-0.15, -0.1) is 0 Å². The topological polar surface area (TPSA) is 38.3 Å². The van der Waals surface area contributed by atoms with Gasteiger partial charge in [-0.2, -0.15) is 0 Å². The van der Waals surface area contributed by atoms with Crippen molar-refractivity contribution in [2.45, 2.75) is 18.3 Å². The third kappa shape index (κ3) is 3.67. The monoisotopic (exact) mass is 461 g/mol. The molecule has 0 radical (unpaired) electrons. The highest BCUT2D eigenvalue weighted by Gasteiger charge is 2.42. The summed E-state index contributed by atoms with van der Waals surface area (Å²) in [4.78, 5) is 13.0. The first-order valence-electron chi connectivity index (χ1n) is 7.72. The van der Waals surface area contributed by atoms with Crippen LogP contribution in [-0.4, -0.2) is 19.1 Å². The normalized spacial score (nSPS) is 16.5. The Kier molecular flexibility index (Phi) is 5.33. The Hall–Kier alpha value is -1.61. The number of amides is 1. The molecule has 2 aromatic carbocycles. The van der Waals surface area contributed by atoms with Crippen LogP contribution in [0.25, 0.3) is 0 Å². The van der Waals surface area contributed by atoms with Gasteiger partial charge in [0.25, 0.3) is 0 Å². The zero-order valence-corrected chi connectivity index (χ0v) is 15.3. The summed E-state index contributed by atoms with van der Waals surface area (Å²) in [6, 6.07) is 7.99. The lowest BCUT2D eigenvalue weighted by Crippen LogP contribution is -2.45. The molecule has 1 aliphatic heterocycles. The molecule has 0 aromatic heterocycles. The highest BCUT2D eigenvalue weighted by atomic mass is 127. The van der Waals surface area contributed by atoms with Crippen LogP contribution in [0.3, 0.4) is 0 Å². The highest BCUT2D eigenvalue weighted by Crippen LogP contribution is 2.36. The Bertz CT molecular complexity index is 784. The van der Waals surface area contributed by atoms with Gasteiger partial charge in [0.2, 0.25) is 5.91 Å². The quantitative estimate of drug-likeness (QED) is 0.544. The van der Waals surface area contributed by atoms with Crippen LogP contribution in [0.4, 0.5) is 18.9 Å². The molecule has 1 amide bonds. The predicted molar refractivity (Wildman–Crippen MR) is 95.8 cm³/mol. The van der Waals surface area contributed by atoms with E-state index in [2.05, 4.69) is 5.32 Å². The lowest BCUT2D eigenvalue weighted by molar-refractivity contribution is -0.125. The molecular weight excluding hydrogens is 446 g/mol. The first-order chi connectivity index (χ1) is 11.9. The van der Waals surface area contributed by atoms with E-state index in [1.807, 2.05) is 0 Å². The molecule has 0 bridgehead atoms. The maximum absolute atomic E-state index is 13.7. The molecule has 3 nitrogen and oxygen atoms in total. The van der Waals surface area contributed by atoms with E-state index < -0.39 is 28.8 Å². The van der Waals surface area contributed by atoms with Crippen molar-refractivity contribution in [2.24, 2.45) is 0 Å². The van der Waals surface area contributed by atoms with Gasteiger partial charge >= 0.3 is 0 Å². The van der Waals surface area contributed by atoms with E-state index in [0.717, 1.165) is 12.1 Å². The molecular formula is C18H15F3INO2. The minimum absolute atomic E-state index is 0.0303. The van der Waals surface area contributed by atoms with Gasteiger partial charge in [0.15, 0.2) is 0 Å². The molecule has 0 saturated carbocycles. The van der Waals surface area contributed by atoms with E-state index in [1.54, 1.807) is 34.7 Å². The van der Waals surface area contributed by atoms with Gasteiger partial charge in [-0.25, -0.2) is 13.2 Å². The number of carbonyl (C=O) groups excluding carboxylic acids is 1. The van der Waals surface area contributed by atoms with E-state index >= 15 is 0 Å². The maximum Gasteiger partial charge on any atom is 0.235 e. The molecule has 1 N–H and O–H groups in total. The maximum atomic E-state index is 13.7. The van der Waals surface area contributed by atoms with E-state index in [1.165, 1.54) is 12.1 Å². The van der Waals surface area contributed by atoms with Crippen LogP contribution in [0.5, 0.6) is 0 Å². The van der Waals surface area contributed by atoms with Gasteiger partial charge in [0.05, 0.1) is 8.99 Å². The van der Waals surface area contributed by atoms with E-state index in [4.69, 9.17) is 4.74 Å². The van der Waals surface area contributed by atoms with Crippen LogP contribution in [0.15, 0.2) is 36.4 Å². The van der Waals surface area contributed by atoms with Crippen LogP contribution < -0.4 is 5.32 Å². The largest absolute Gasteiger partial charge is 0.381 e. The van der Waals surface area contributed by atoms with Crippen molar-refractivity contribution in [1.82, 2.24) is 0 Å². The first-order valence-corrected chi connectivity index (χ1v) is 8.80. The number of rotatable bonds is 3. The molecule has 7 heteroatoms. The molecule has 0 atom stereocenters. The SMILES string of the molecule is O=C(Nc1cc(F)c(I)c(F)c1)C1(c2cccc(F)c2)CCOCC1. The average Bonchev–Trinajstić information content (AvgIpc) is 2.60. The van der Waals surface area contributed by atoms with Gasteiger partial charge in [-0.1, -0.05) is 12.1 Å². The van der Waals surface area contributed by atoms with E-state index in [9.17, 15) is 18.0 Å². The lowest BCUT2D eigenvalue weighted by atomic mass is 9.73. The number of halogens is 4.